The van der Waals surface area contributed by atoms with Gasteiger partial charge < -0.3 is 14.3 Å². The highest BCUT2D eigenvalue weighted by Gasteiger charge is 2.39. The molecule has 0 unspecified atom stereocenters. The zero-order valence-corrected chi connectivity index (χ0v) is 13.0. The Labute approximate surface area is 134 Å². The van der Waals surface area contributed by atoms with Gasteiger partial charge in [-0.1, -0.05) is 17.2 Å². The molecule has 2 heterocycles. The smallest absolute Gasteiger partial charge is 0.377 e. The lowest BCUT2D eigenvalue weighted by atomic mass is 10.1. The van der Waals surface area contributed by atoms with Crippen LogP contribution in [0.2, 0.25) is 0 Å². The number of hydroxylamine groups is 2. The number of rotatable bonds is 4. The van der Waals surface area contributed by atoms with Crippen LogP contribution in [0.5, 0.6) is 11.5 Å². The fourth-order valence-electron chi connectivity index (χ4n) is 2.18. The van der Waals surface area contributed by atoms with Gasteiger partial charge in [0.1, 0.15) is 0 Å². The second kappa shape index (κ2) is 5.73. The summed E-state index contributed by atoms with van der Waals surface area (Å²) < 4.78 is 10.2. The second-order valence-corrected chi connectivity index (χ2v) is 5.38. The highest BCUT2D eigenvalue weighted by atomic mass is 32.1. The molecule has 0 aliphatic carbocycles. The van der Waals surface area contributed by atoms with E-state index in [0.717, 1.165) is 11.3 Å². The number of hydrogen-bond donors (Lipinski definition) is 0. The molecule has 0 fully saturated rings. The van der Waals surface area contributed by atoms with Crippen LogP contribution in [-0.4, -0.2) is 37.1 Å². The SMILES string of the molecule is COc1csc(C(=O)ON2C(=O)c3ccccc3C2=O)c1OC. The Bertz CT molecular complexity index is 777. The zero-order valence-electron chi connectivity index (χ0n) is 12.2. The van der Waals surface area contributed by atoms with Crippen LogP contribution in [0, 0.1) is 0 Å². The molecule has 1 aromatic carbocycles. The molecule has 0 saturated heterocycles. The van der Waals surface area contributed by atoms with Gasteiger partial charge in [0.25, 0.3) is 11.8 Å². The molecule has 2 amide bonds. The average molecular weight is 333 g/mol. The number of benzene rings is 1. The van der Waals surface area contributed by atoms with Crippen LogP contribution in [0.1, 0.15) is 30.4 Å². The number of imide groups is 1. The van der Waals surface area contributed by atoms with Crippen molar-refractivity contribution in [1.82, 2.24) is 5.06 Å². The van der Waals surface area contributed by atoms with Crippen molar-refractivity contribution in [3.8, 4) is 11.5 Å². The van der Waals surface area contributed by atoms with Crippen molar-refractivity contribution in [3.63, 3.8) is 0 Å². The minimum Gasteiger partial charge on any atom is -0.492 e. The summed E-state index contributed by atoms with van der Waals surface area (Å²) in [7, 11) is 2.81. The molecule has 0 N–H and O–H groups in total. The number of carbonyl (C=O) groups is 3. The van der Waals surface area contributed by atoms with Crippen molar-refractivity contribution >= 4 is 29.1 Å². The van der Waals surface area contributed by atoms with E-state index in [4.69, 9.17) is 14.3 Å². The number of fused-ring (bicyclic) bond motifs is 1. The third-order valence-electron chi connectivity index (χ3n) is 3.25. The summed E-state index contributed by atoms with van der Waals surface area (Å²) in [5.74, 6) is -1.67. The lowest BCUT2D eigenvalue weighted by Gasteiger charge is -2.12. The number of thiophene rings is 1. The first-order valence-corrected chi connectivity index (χ1v) is 7.36. The Morgan fingerprint density at radius 1 is 1.04 bits per heavy atom. The van der Waals surface area contributed by atoms with Gasteiger partial charge in [-0.15, -0.1) is 11.3 Å². The summed E-state index contributed by atoms with van der Waals surface area (Å²) in [6.45, 7) is 0. The Morgan fingerprint density at radius 2 is 1.65 bits per heavy atom. The summed E-state index contributed by atoms with van der Waals surface area (Å²) in [5, 5.41) is 2.02. The molecular formula is C15H11NO6S. The van der Waals surface area contributed by atoms with Crippen molar-refractivity contribution in [2.75, 3.05) is 14.2 Å². The molecule has 1 aliphatic rings. The lowest BCUT2D eigenvalue weighted by molar-refractivity contribution is -0.0582. The van der Waals surface area contributed by atoms with Gasteiger partial charge in [0.2, 0.25) is 0 Å². The van der Waals surface area contributed by atoms with Crippen LogP contribution in [0.25, 0.3) is 0 Å². The first-order chi connectivity index (χ1) is 11.1. The highest BCUT2D eigenvalue weighted by Crippen LogP contribution is 2.37. The van der Waals surface area contributed by atoms with Crippen molar-refractivity contribution < 1.29 is 28.7 Å². The van der Waals surface area contributed by atoms with Gasteiger partial charge >= 0.3 is 5.97 Å². The summed E-state index contributed by atoms with van der Waals surface area (Å²) in [6.07, 6.45) is 0. The molecular weight excluding hydrogens is 322 g/mol. The van der Waals surface area contributed by atoms with Crippen LogP contribution >= 0.6 is 11.3 Å². The highest BCUT2D eigenvalue weighted by molar-refractivity contribution is 7.12. The summed E-state index contributed by atoms with van der Waals surface area (Å²) in [6, 6.07) is 6.25. The van der Waals surface area contributed by atoms with Crippen LogP contribution in [0.3, 0.4) is 0 Å². The van der Waals surface area contributed by atoms with Crippen molar-refractivity contribution in [2.45, 2.75) is 0 Å². The first-order valence-electron chi connectivity index (χ1n) is 6.48. The molecule has 118 valence electrons. The van der Waals surface area contributed by atoms with E-state index in [1.54, 1.807) is 17.5 Å². The maximum atomic E-state index is 12.3. The van der Waals surface area contributed by atoms with Gasteiger partial charge in [-0.2, -0.15) is 0 Å². The van der Waals surface area contributed by atoms with Gasteiger partial charge in [0, 0.05) is 5.38 Å². The minimum atomic E-state index is -0.871. The molecule has 7 nitrogen and oxygen atoms in total. The van der Waals surface area contributed by atoms with Crippen LogP contribution in [-0.2, 0) is 4.84 Å². The first kappa shape index (κ1) is 15.0. The van der Waals surface area contributed by atoms with Gasteiger partial charge in [-0.3, -0.25) is 9.59 Å². The number of amides is 2. The second-order valence-electron chi connectivity index (χ2n) is 4.50. The number of hydrogen-bond acceptors (Lipinski definition) is 7. The Kier molecular flexibility index (Phi) is 3.75. The van der Waals surface area contributed by atoms with E-state index in [0.29, 0.717) is 10.8 Å². The van der Waals surface area contributed by atoms with Crippen LogP contribution in [0.15, 0.2) is 29.6 Å². The van der Waals surface area contributed by atoms with Gasteiger partial charge in [-0.05, 0) is 12.1 Å². The van der Waals surface area contributed by atoms with Crippen molar-refractivity contribution in [3.05, 3.63) is 45.6 Å². The van der Waals surface area contributed by atoms with Gasteiger partial charge in [0.05, 0.1) is 25.3 Å². The fraction of sp³-hybridized carbons (Fsp3) is 0.133. The van der Waals surface area contributed by atoms with Crippen LogP contribution < -0.4 is 9.47 Å². The number of ether oxygens (including phenoxy) is 2. The third-order valence-corrected chi connectivity index (χ3v) is 4.17. The maximum Gasteiger partial charge on any atom is 0.377 e. The summed E-state index contributed by atoms with van der Waals surface area (Å²) >= 11 is 1.03. The van der Waals surface area contributed by atoms with Crippen LogP contribution in [0.4, 0.5) is 0 Å². The van der Waals surface area contributed by atoms with E-state index in [1.165, 1.54) is 26.4 Å². The van der Waals surface area contributed by atoms with E-state index >= 15 is 0 Å². The van der Waals surface area contributed by atoms with E-state index < -0.39 is 17.8 Å². The molecule has 1 aromatic heterocycles. The monoisotopic (exact) mass is 333 g/mol. The quantitative estimate of drug-likeness (QED) is 0.797. The third kappa shape index (κ3) is 2.33. The molecule has 2 aromatic rings. The zero-order chi connectivity index (χ0) is 16.6. The van der Waals surface area contributed by atoms with Crippen molar-refractivity contribution in [2.24, 2.45) is 0 Å². The maximum absolute atomic E-state index is 12.3. The minimum absolute atomic E-state index is 0.0981. The molecule has 23 heavy (non-hydrogen) atoms. The standard InChI is InChI=1S/C15H11NO6S/c1-20-10-7-23-12(11(10)21-2)15(19)22-16-13(17)8-5-3-4-6-9(8)14(16)18/h3-7H,1-2H3. The molecule has 0 radical (unpaired) electrons. The summed E-state index contributed by atoms with van der Waals surface area (Å²) in [4.78, 5) is 41.7. The molecule has 1 aliphatic heterocycles. The molecule has 0 spiro atoms. The van der Waals surface area contributed by atoms with E-state index in [2.05, 4.69) is 0 Å². The topological polar surface area (TPSA) is 82.1 Å². The molecule has 0 bridgehead atoms. The Morgan fingerprint density at radius 3 is 2.17 bits per heavy atom. The lowest BCUT2D eigenvalue weighted by Crippen LogP contribution is -2.32. The predicted molar refractivity (Wildman–Crippen MR) is 79.8 cm³/mol. The fourth-order valence-corrected chi connectivity index (χ4v) is 3.03. The van der Waals surface area contributed by atoms with E-state index in [1.807, 2.05) is 0 Å². The van der Waals surface area contributed by atoms with E-state index in [-0.39, 0.29) is 21.8 Å². The van der Waals surface area contributed by atoms with Crippen molar-refractivity contribution in [1.29, 1.82) is 0 Å². The number of methoxy groups -OCH3 is 2. The normalized spacial score (nSPS) is 13.0. The number of nitrogens with zero attached hydrogens (tertiary/aromatic N) is 1. The Hall–Kier alpha value is -2.87. The Balaban J connectivity index is 1.86. The largest absolute Gasteiger partial charge is 0.492 e. The van der Waals surface area contributed by atoms with Gasteiger partial charge in [-0.25, -0.2) is 4.79 Å². The van der Waals surface area contributed by atoms with Gasteiger partial charge in [0.15, 0.2) is 16.4 Å². The molecule has 8 heteroatoms. The molecule has 0 atom stereocenters. The van der Waals surface area contributed by atoms with E-state index in [9.17, 15) is 14.4 Å². The summed E-state index contributed by atoms with van der Waals surface area (Å²) in [5.41, 5.74) is 0.391. The number of carbonyl (C=O) groups excluding carboxylic acids is 3. The molecule has 0 saturated carbocycles. The molecule has 3 rings (SSSR count). The average Bonchev–Trinajstić information content (AvgIpc) is 3.10. The predicted octanol–water partition coefficient (Wildman–Crippen LogP) is 2.13.